The number of aromatic nitrogens is 3. The van der Waals surface area contributed by atoms with Gasteiger partial charge in [-0.1, -0.05) is 18.2 Å². The molecule has 1 aromatic carbocycles. The Bertz CT molecular complexity index is 688. The van der Waals surface area contributed by atoms with E-state index in [1.807, 2.05) is 48.9 Å². The van der Waals surface area contributed by atoms with Crippen molar-refractivity contribution >= 4 is 5.69 Å². The molecule has 4 nitrogen and oxygen atoms in total. The number of aryl methyl sites for hydroxylation is 2. The summed E-state index contributed by atoms with van der Waals surface area (Å²) in [5.41, 5.74) is 8.85. The number of rotatable bonds is 4. The van der Waals surface area contributed by atoms with Crippen molar-refractivity contribution in [2.24, 2.45) is 0 Å². The van der Waals surface area contributed by atoms with E-state index in [0.29, 0.717) is 0 Å². The van der Waals surface area contributed by atoms with Gasteiger partial charge in [-0.25, -0.2) is 4.98 Å². The summed E-state index contributed by atoms with van der Waals surface area (Å²) in [5.74, 6) is 0.946. The topological polar surface area (TPSA) is 56.7 Å². The standard InChI is InChI=1S/C16H16N4/c17-15-5-1-4-14(11-15)16-19-8-10-20(16)9-6-13-3-2-7-18-12-13/h1-5,7-8,10-12H,6,9,17H2. The fourth-order valence-corrected chi connectivity index (χ4v) is 2.22. The second-order valence-electron chi connectivity index (χ2n) is 4.68. The molecule has 0 atom stereocenters. The first-order valence-corrected chi connectivity index (χ1v) is 6.59. The minimum Gasteiger partial charge on any atom is -0.399 e. The zero-order valence-corrected chi connectivity index (χ0v) is 11.1. The Hall–Kier alpha value is -2.62. The van der Waals surface area contributed by atoms with Crippen LogP contribution in [0.1, 0.15) is 5.56 Å². The third-order valence-electron chi connectivity index (χ3n) is 3.22. The second kappa shape index (κ2) is 5.57. The Morgan fingerprint density at radius 2 is 2.05 bits per heavy atom. The van der Waals surface area contributed by atoms with Crippen LogP contribution in [0.3, 0.4) is 0 Å². The van der Waals surface area contributed by atoms with E-state index in [1.54, 1.807) is 6.20 Å². The van der Waals surface area contributed by atoms with Crippen molar-refractivity contribution in [3.05, 3.63) is 66.7 Å². The normalized spacial score (nSPS) is 10.6. The van der Waals surface area contributed by atoms with Gasteiger partial charge in [-0.2, -0.15) is 0 Å². The Labute approximate surface area is 117 Å². The van der Waals surface area contributed by atoms with E-state index in [9.17, 15) is 0 Å². The minimum absolute atomic E-state index is 0.754. The van der Waals surface area contributed by atoms with Gasteiger partial charge in [0.15, 0.2) is 0 Å². The molecule has 0 aliphatic heterocycles. The lowest BCUT2D eigenvalue weighted by Crippen LogP contribution is -2.03. The van der Waals surface area contributed by atoms with Crippen LogP contribution in [0.4, 0.5) is 5.69 Å². The van der Waals surface area contributed by atoms with Gasteiger partial charge in [-0.3, -0.25) is 4.98 Å². The molecule has 2 aromatic heterocycles. The summed E-state index contributed by atoms with van der Waals surface area (Å²) in [7, 11) is 0. The lowest BCUT2D eigenvalue weighted by molar-refractivity contribution is 0.701. The average Bonchev–Trinajstić information content (AvgIpc) is 2.95. The molecule has 4 heteroatoms. The molecule has 0 amide bonds. The number of anilines is 1. The highest BCUT2D eigenvalue weighted by atomic mass is 15.1. The number of hydrogen-bond donors (Lipinski definition) is 1. The van der Waals surface area contributed by atoms with Gasteiger partial charge >= 0.3 is 0 Å². The van der Waals surface area contributed by atoms with Gasteiger partial charge < -0.3 is 10.3 Å². The molecule has 0 aliphatic rings. The van der Waals surface area contributed by atoms with Crippen LogP contribution in [0.2, 0.25) is 0 Å². The Kier molecular flexibility index (Phi) is 3.46. The van der Waals surface area contributed by atoms with E-state index in [2.05, 4.69) is 20.6 Å². The largest absolute Gasteiger partial charge is 0.399 e. The van der Waals surface area contributed by atoms with Crippen molar-refractivity contribution in [3.8, 4) is 11.4 Å². The zero-order valence-electron chi connectivity index (χ0n) is 11.1. The summed E-state index contributed by atoms with van der Waals surface area (Å²) >= 11 is 0. The zero-order chi connectivity index (χ0) is 13.8. The molecule has 0 unspecified atom stereocenters. The highest BCUT2D eigenvalue weighted by molar-refractivity contribution is 5.61. The number of imidazole rings is 1. The molecule has 0 fully saturated rings. The Morgan fingerprint density at radius 1 is 1.10 bits per heavy atom. The monoisotopic (exact) mass is 264 g/mol. The van der Waals surface area contributed by atoms with Crippen molar-refractivity contribution in [2.75, 3.05) is 5.73 Å². The van der Waals surface area contributed by atoms with Gasteiger partial charge in [0.05, 0.1) is 0 Å². The number of nitrogen functional groups attached to an aromatic ring is 1. The minimum atomic E-state index is 0.754. The summed E-state index contributed by atoms with van der Waals surface area (Å²) in [5, 5.41) is 0. The van der Waals surface area contributed by atoms with Crippen molar-refractivity contribution < 1.29 is 0 Å². The molecule has 2 heterocycles. The van der Waals surface area contributed by atoms with Crippen molar-refractivity contribution in [3.63, 3.8) is 0 Å². The van der Waals surface area contributed by atoms with Crippen molar-refractivity contribution in [1.29, 1.82) is 0 Å². The number of nitrogens with two attached hydrogens (primary N) is 1. The van der Waals surface area contributed by atoms with Crippen LogP contribution in [0.5, 0.6) is 0 Å². The fourth-order valence-electron chi connectivity index (χ4n) is 2.22. The van der Waals surface area contributed by atoms with Gasteiger partial charge in [-0.05, 0) is 30.2 Å². The second-order valence-corrected chi connectivity index (χ2v) is 4.68. The van der Waals surface area contributed by atoms with E-state index in [4.69, 9.17) is 5.73 Å². The van der Waals surface area contributed by atoms with Crippen molar-refractivity contribution in [1.82, 2.24) is 14.5 Å². The molecule has 0 saturated carbocycles. The first-order valence-electron chi connectivity index (χ1n) is 6.59. The number of hydrogen-bond acceptors (Lipinski definition) is 3. The summed E-state index contributed by atoms with van der Waals surface area (Å²) < 4.78 is 2.14. The number of nitrogens with zero attached hydrogens (tertiary/aromatic N) is 3. The lowest BCUT2D eigenvalue weighted by Gasteiger charge is -2.08. The van der Waals surface area contributed by atoms with Gasteiger partial charge in [0.25, 0.3) is 0 Å². The molecule has 20 heavy (non-hydrogen) atoms. The van der Waals surface area contributed by atoms with E-state index in [1.165, 1.54) is 5.56 Å². The molecule has 0 bridgehead atoms. The van der Waals surface area contributed by atoms with Crippen LogP contribution in [0.25, 0.3) is 11.4 Å². The molecular formula is C16H16N4. The van der Waals surface area contributed by atoms with E-state index >= 15 is 0 Å². The summed E-state index contributed by atoms with van der Waals surface area (Å²) in [6.45, 7) is 0.871. The number of benzene rings is 1. The average molecular weight is 264 g/mol. The molecule has 0 radical (unpaired) electrons. The molecule has 3 aromatic rings. The van der Waals surface area contributed by atoms with E-state index in [0.717, 1.165) is 30.0 Å². The fraction of sp³-hybridized carbons (Fsp3) is 0.125. The van der Waals surface area contributed by atoms with Crippen LogP contribution in [-0.4, -0.2) is 14.5 Å². The lowest BCUT2D eigenvalue weighted by atomic mass is 10.2. The van der Waals surface area contributed by atoms with Gasteiger partial charge in [0.2, 0.25) is 0 Å². The molecule has 2 N–H and O–H groups in total. The molecular weight excluding hydrogens is 248 g/mol. The molecule has 0 spiro atoms. The van der Waals surface area contributed by atoms with Crippen LogP contribution in [0.15, 0.2) is 61.2 Å². The van der Waals surface area contributed by atoms with Gasteiger partial charge in [0, 0.05) is 42.6 Å². The van der Waals surface area contributed by atoms with Crippen LogP contribution >= 0.6 is 0 Å². The highest BCUT2D eigenvalue weighted by Gasteiger charge is 2.06. The number of pyridine rings is 1. The van der Waals surface area contributed by atoms with Gasteiger partial charge in [-0.15, -0.1) is 0 Å². The van der Waals surface area contributed by atoms with E-state index < -0.39 is 0 Å². The Balaban J connectivity index is 1.80. The van der Waals surface area contributed by atoms with Gasteiger partial charge in [0.1, 0.15) is 5.82 Å². The van der Waals surface area contributed by atoms with Crippen molar-refractivity contribution in [2.45, 2.75) is 13.0 Å². The predicted octanol–water partition coefficient (Wildman–Crippen LogP) is 2.77. The predicted molar refractivity (Wildman–Crippen MR) is 80.0 cm³/mol. The maximum absolute atomic E-state index is 5.83. The molecule has 0 saturated heterocycles. The summed E-state index contributed by atoms with van der Waals surface area (Å²) in [6, 6.07) is 11.9. The smallest absolute Gasteiger partial charge is 0.139 e. The summed E-state index contributed by atoms with van der Waals surface area (Å²) in [4.78, 5) is 8.57. The van der Waals surface area contributed by atoms with Crippen LogP contribution in [-0.2, 0) is 13.0 Å². The molecule has 100 valence electrons. The summed E-state index contributed by atoms with van der Waals surface area (Å²) in [6.07, 6.45) is 8.44. The third-order valence-corrected chi connectivity index (χ3v) is 3.22. The first-order chi connectivity index (χ1) is 9.83. The molecule has 3 rings (SSSR count). The first kappa shape index (κ1) is 12.4. The van der Waals surface area contributed by atoms with Crippen LogP contribution < -0.4 is 5.73 Å². The highest BCUT2D eigenvalue weighted by Crippen LogP contribution is 2.20. The Morgan fingerprint density at radius 3 is 2.85 bits per heavy atom. The quantitative estimate of drug-likeness (QED) is 0.737. The SMILES string of the molecule is Nc1cccc(-c2nccn2CCc2cccnc2)c1. The van der Waals surface area contributed by atoms with Crippen LogP contribution in [0, 0.1) is 0 Å². The molecule has 0 aliphatic carbocycles. The maximum Gasteiger partial charge on any atom is 0.139 e. The maximum atomic E-state index is 5.83. The van der Waals surface area contributed by atoms with E-state index in [-0.39, 0.29) is 0 Å². The third kappa shape index (κ3) is 2.69.